The van der Waals surface area contributed by atoms with Crippen molar-refractivity contribution in [3.05, 3.63) is 59.7 Å². The second-order valence-corrected chi connectivity index (χ2v) is 10.2. The van der Waals surface area contributed by atoms with E-state index in [9.17, 15) is 8.78 Å². The Hall–Kier alpha value is -2.96. The van der Waals surface area contributed by atoms with Gasteiger partial charge in [-0.3, -0.25) is 0 Å². The van der Waals surface area contributed by atoms with E-state index in [2.05, 4.69) is 40.1 Å². The van der Waals surface area contributed by atoms with Crippen molar-refractivity contribution in [3.63, 3.8) is 0 Å². The molecule has 3 heterocycles. The van der Waals surface area contributed by atoms with Crippen LogP contribution < -0.4 is 5.32 Å². The second-order valence-electron chi connectivity index (χ2n) is 10.2. The SMILES string of the molecule is CCCN1CCNC(C)C1.Fc1ccc2[nH]c3c(C4CC4)c4[nH]c5ccc(F)cc5c4cc3c2c1. The molecule has 0 bridgehead atoms. The van der Waals surface area contributed by atoms with Crippen LogP contribution in [0.4, 0.5) is 8.78 Å². The molecule has 1 unspecified atom stereocenters. The molecule has 0 amide bonds. The van der Waals surface area contributed by atoms with Crippen LogP contribution in [0.5, 0.6) is 0 Å². The average Bonchev–Trinajstić information content (AvgIpc) is 3.52. The third kappa shape index (κ3) is 4.19. The summed E-state index contributed by atoms with van der Waals surface area (Å²) in [6.07, 6.45) is 3.59. The molecule has 1 saturated carbocycles. The van der Waals surface area contributed by atoms with Crippen LogP contribution in [0.25, 0.3) is 43.6 Å². The van der Waals surface area contributed by atoms with Gasteiger partial charge >= 0.3 is 0 Å². The van der Waals surface area contributed by atoms with E-state index in [0.717, 1.165) is 56.5 Å². The van der Waals surface area contributed by atoms with Crippen LogP contribution in [-0.4, -0.2) is 47.1 Å². The summed E-state index contributed by atoms with van der Waals surface area (Å²) in [6, 6.07) is 12.4. The Morgan fingerprint density at radius 3 is 1.97 bits per heavy atom. The first kappa shape index (κ1) is 22.5. The number of fused-ring (bicyclic) bond motifs is 6. The van der Waals surface area contributed by atoms with Crippen molar-refractivity contribution in [1.29, 1.82) is 0 Å². The largest absolute Gasteiger partial charge is 0.354 e. The number of aromatic nitrogens is 2. The zero-order valence-corrected chi connectivity index (χ0v) is 20.3. The fraction of sp³-hybridized carbons (Fsp3) is 0.379. The number of aromatic amines is 2. The van der Waals surface area contributed by atoms with Crippen molar-refractivity contribution in [2.24, 2.45) is 0 Å². The van der Waals surface area contributed by atoms with E-state index in [1.807, 2.05) is 0 Å². The highest BCUT2D eigenvalue weighted by atomic mass is 19.1. The number of nitrogens with zero attached hydrogens (tertiary/aromatic N) is 1. The van der Waals surface area contributed by atoms with Crippen molar-refractivity contribution < 1.29 is 8.78 Å². The molecule has 2 aliphatic rings. The van der Waals surface area contributed by atoms with E-state index in [-0.39, 0.29) is 11.6 Å². The van der Waals surface area contributed by atoms with Crippen molar-refractivity contribution in [3.8, 4) is 0 Å². The molecule has 1 saturated heterocycles. The van der Waals surface area contributed by atoms with Gasteiger partial charge in [-0.1, -0.05) is 6.92 Å². The van der Waals surface area contributed by atoms with Crippen molar-refractivity contribution >= 4 is 43.6 Å². The number of hydrogen-bond acceptors (Lipinski definition) is 2. The van der Waals surface area contributed by atoms with Gasteiger partial charge in [0.25, 0.3) is 0 Å². The normalized spacial score (nSPS) is 19.0. The molecule has 2 fully saturated rings. The minimum atomic E-state index is -0.244. The smallest absolute Gasteiger partial charge is 0.123 e. The Kier molecular flexibility index (Phi) is 5.73. The first-order valence-corrected chi connectivity index (χ1v) is 12.8. The Morgan fingerprint density at radius 1 is 0.857 bits per heavy atom. The number of halogens is 2. The summed E-state index contributed by atoms with van der Waals surface area (Å²) in [4.78, 5) is 9.49. The minimum absolute atomic E-state index is 0.244. The maximum absolute atomic E-state index is 13.8. The van der Waals surface area contributed by atoms with Crippen LogP contribution in [-0.2, 0) is 0 Å². The van der Waals surface area contributed by atoms with Crippen LogP contribution >= 0.6 is 0 Å². The van der Waals surface area contributed by atoms with Crippen LogP contribution in [0.15, 0.2) is 42.5 Å². The Balaban J connectivity index is 0.000000194. The van der Waals surface area contributed by atoms with E-state index >= 15 is 0 Å². The van der Waals surface area contributed by atoms with Gasteiger partial charge in [-0.25, -0.2) is 8.78 Å². The van der Waals surface area contributed by atoms with Crippen molar-refractivity contribution in [1.82, 2.24) is 20.2 Å². The topological polar surface area (TPSA) is 46.8 Å². The lowest BCUT2D eigenvalue weighted by atomic mass is 10.0. The van der Waals surface area contributed by atoms with E-state index < -0.39 is 0 Å². The van der Waals surface area contributed by atoms with Crippen LogP contribution in [0.2, 0.25) is 0 Å². The molecule has 5 aromatic rings. The van der Waals surface area contributed by atoms with E-state index in [1.165, 1.54) is 50.3 Å². The van der Waals surface area contributed by atoms with Gasteiger partial charge < -0.3 is 20.2 Å². The van der Waals surface area contributed by atoms with Gasteiger partial charge in [0, 0.05) is 63.8 Å². The number of rotatable bonds is 3. The molecule has 182 valence electrons. The van der Waals surface area contributed by atoms with Gasteiger partial charge in [-0.05, 0) is 81.1 Å². The van der Waals surface area contributed by atoms with E-state index in [1.54, 1.807) is 24.3 Å². The van der Waals surface area contributed by atoms with Gasteiger partial charge in [0.15, 0.2) is 0 Å². The second kappa shape index (κ2) is 8.92. The summed E-state index contributed by atoms with van der Waals surface area (Å²) >= 11 is 0. The Labute approximate surface area is 203 Å². The third-order valence-corrected chi connectivity index (χ3v) is 7.41. The predicted octanol–water partition coefficient (Wildman–Crippen LogP) is 6.80. The molecular formula is C29H32F2N4. The summed E-state index contributed by atoms with van der Waals surface area (Å²) in [7, 11) is 0. The highest BCUT2D eigenvalue weighted by Crippen LogP contribution is 2.48. The highest BCUT2D eigenvalue weighted by Gasteiger charge is 2.30. The number of nitrogens with one attached hydrogen (secondary N) is 3. The number of benzene rings is 3. The lowest BCUT2D eigenvalue weighted by molar-refractivity contribution is 0.207. The molecule has 6 heteroatoms. The molecule has 3 aromatic carbocycles. The standard InChI is InChI=1S/C21H14F2N2.C8H18N2/c22-11-3-5-17-13(7-11)15-9-16-14-8-12(23)4-6-18(14)25-21(16)19(10-1-2-10)20(15)24-17;1-3-5-10-6-4-9-8(2)7-10/h3-10,24-25H,1-2H2;8-9H,3-7H2,1-2H3. The molecule has 1 atom stereocenters. The highest BCUT2D eigenvalue weighted by molar-refractivity contribution is 6.19. The summed E-state index contributed by atoms with van der Waals surface area (Å²) in [6.45, 7) is 9.40. The summed E-state index contributed by atoms with van der Waals surface area (Å²) in [5, 5.41) is 7.20. The molecule has 0 radical (unpaired) electrons. The molecule has 1 aliphatic carbocycles. The molecule has 7 rings (SSSR count). The lowest BCUT2D eigenvalue weighted by Crippen LogP contribution is -2.49. The fourth-order valence-electron chi connectivity index (χ4n) is 5.68. The summed E-state index contributed by atoms with van der Waals surface area (Å²) in [5.41, 5.74) is 5.26. The third-order valence-electron chi connectivity index (χ3n) is 7.41. The Bertz CT molecular complexity index is 1430. The van der Waals surface area contributed by atoms with Gasteiger partial charge in [-0.2, -0.15) is 0 Å². The van der Waals surface area contributed by atoms with Gasteiger partial charge in [0.05, 0.1) is 11.0 Å². The Morgan fingerprint density at radius 2 is 1.46 bits per heavy atom. The van der Waals surface area contributed by atoms with Gasteiger partial charge in [0.1, 0.15) is 11.6 Å². The first-order valence-electron chi connectivity index (χ1n) is 12.8. The molecule has 35 heavy (non-hydrogen) atoms. The lowest BCUT2D eigenvalue weighted by Gasteiger charge is -2.31. The number of H-pyrrole nitrogens is 2. The van der Waals surface area contributed by atoms with Crippen LogP contribution in [0.1, 0.15) is 44.6 Å². The zero-order valence-electron chi connectivity index (χ0n) is 20.3. The molecule has 1 aliphatic heterocycles. The molecule has 4 nitrogen and oxygen atoms in total. The van der Waals surface area contributed by atoms with Crippen LogP contribution in [0.3, 0.4) is 0 Å². The van der Waals surface area contributed by atoms with Gasteiger partial charge in [0.2, 0.25) is 0 Å². The maximum atomic E-state index is 13.8. The maximum Gasteiger partial charge on any atom is 0.123 e. The molecule has 3 N–H and O–H groups in total. The zero-order chi connectivity index (χ0) is 24.1. The van der Waals surface area contributed by atoms with E-state index in [4.69, 9.17) is 0 Å². The predicted molar refractivity (Wildman–Crippen MR) is 141 cm³/mol. The molecule has 0 spiro atoms. The first-order chi connectivity index (χ1) is 17.0. The van der Waals surface area contributed by atoms with Crippen LogP contribution in [0, 0.1) is 11.6 Å². The van der Waals surface area contributed by atoms with Crippen molar-refractivity contribution in [2.75, 3.05) is 26.2 Å². The monoisotopic (exact) mass is 474 g/mol. The number of hydrogen-bond donors (Lipinski definition) is 3. The fourth-order valence-corrected chi connectivity index (χ4v) is 5.68. The minimum Gasteiger partial charge on any atom is -0.354 e. The van der Waals surface area contributed by atoms with Crippen molar-refractivity contribution in [2.45, 2.75) is 45.1 Å². The van der Waals surface area contributed by atoms with E-state index in [0.29, 0.717) is 12.0 Å². The number of piperazine rings is 1. The molecule has 2 aromatic heterocycles. The molecular weight excluding hydrogens is 442 g/mol. The average molecular weight is 475 g/mol. The van der Waals surface area contributed by atoms with Gasteiger partial charge in [-0.15, -0.1) is 0 Å². The quantitative estimate of drug-likeness (QED) is 0.269. The summed E-state index contributed by atoms with van der Waals surface area (Å²) < 4.78 is 27.6. The summed E-state index contributed by atoms with van der Waals surface area (Å²) in [5.74, 6) is 0.0138.